The number of carbonyl (C=O) groups is 2. The number of nitrogens with one attached hydrogen (secondary N) is 1. The molecule has 0 fully saturated rings. The predicted molar refractivity (Wildman–Crippen MR) is 93.7 cm³/mol. The summed E-state index contributed by atoms with van der Waals surface area (Å²) in [7, 11) is 0. The monoisotopic (exact) mass is 362 g/mol. The first kappa shape index (κ1) is 17.4. The van der Waals surface area contributed by atoms with Gasteiger partial charge in [-0.2, -0.15) is 0 Å². The number of carbonyl (C=O) groups excluding carboxylic acids is 2. The molecule has 0 saturated heterocycles. The molecule has 25 heavy (non-hydrogen) atoms. The second kappa shape index (κ2) is 7.61. The second-order valence-corrected chi connectivity index (χ2v) is 6.34. The molecule has 3 rings (SSSR count). The molecule has 0 unspecified atom stereocenters. The highest BCUT2D eigenvalue weighted by Gasteiger charge is 2.27. The van der Waals surface area contributed by atoms with Crippen molar-refractivity contribution in [3.05, 3.63) is 47.4 Å². The maximum absolute atomic E-state index is 12.6. The highest BCUT2D eigenvalue weighted by Crippen LogP contribution is 2.36. The van der Waals surface area contributed by atoms with Crippen LogP contribution in [-0.2, 0) is 16.1 Å². The van der Waals surface area contributed by atoms with E-state index in [-0.39, 0.29) is 30.8 Å². The molecule has 1 aliphatic heterocycles. The lowest BCUT2D eigenvalue weighted by atomic mass is 10.1. The third-order valence-electron chi connectivity index (χ3n) is 3.89. The minimum atomic E-state index is -0.197. The van der Waals surface area contributed by atoms with E-state index in [2.05, 4.69) is 5.32 Å². The van der Waals surface area contributed by atoms with Crippen molar-refractivity contribution in [3.63, 3.8) is 0 Å². The Kier molecular flexibility index (Phi) is 5.28. The number of halogens is 1. The molecule has 1 N–H and O–H groups in total. The predicted octanol–water partition coefficient (Wildman–Crippen LogP) is 3.14. The van der Waals surface area contributed by atoms with Gasteiger partial charge in [-0.1, -0.05) is 11.6 Å². The van der Waals surface area contributed by atoms with E-state index in [1.54, 1.807) is 41.5 Å². The molecule has 0 radical (unpaired) electrons. The maximum atomic E-state index is 12.6. The largest absolute Gasteiger partial charge is 0.487 e. The third kappa shape index (κ3) is 4.33. The molecule has 1 aromatic heterocycles. The molecular formula is C18H19ClN2O4. The molecule has 0 spiro atoms. The number of rotatable bonds is 5. The van der Waals surface area contributed by atoms with Gasteiger partial charge in [-0.05, 0) is 37.3 Å². The Hall–Kier alpha value is -2.47. The van der Waals surface area contributed by atoms with Crippen molar-refractivity contribution in [1.29, 1.82) is 0 Å². The van der Waals surface area contributed by atoms with Crippen LogP contribution in [0.1, 0.15) is 25.5 Å². The third-order valence-corrected chi connectivity index (χ3v) is 4.12. The van der Waals surface area contributed by atoms with Crippen molar-refractivity contribution in [3.8, 4) is 5.75 Å². The van der Waals surface area contributed by atoms with Crippen LogP contribution >= 0.6 is 11.6 Å². The van der Waals surface area contributed by atoms with Crippen LogP contribution in [0.4, 0.5) is 5.69 Å². The summed E-state index contributed by atoms with van der Waals surface area (Å²) in [5, 5.41) is 3.26. The van der Waals surface area contributed by atoms with Gasteiger partial charge in [0.1, 0.15) is 17.6 Å². The van der Waals surface area contributed by atoms with Gasteiger partial charge in [0.2, 0.25) is 11.8 Å². The summed E-state index contributed by atoms with van der Waals surface area (Å²) in [6.07, 6.45) is 1.65. The fourth-order valence-corrected chi connectivity index (χ4v) is 2.86. The number of hydrogen-bond acceptors (Lipinski definition) is 4. The first-order chi connectivity index (χ1) is 12.0. The molecule has 2 amide bonds. The minimum Gasteiger partial charge on any atom is -0.487 e. The maximum Gasteiger partial charge on any atom is 0.227 e. The lowest BCUT2D eigenvalue weighted by Crippen LogP contribution is -2.42. The number of benzene rings is 1. The Morgan fingerprint density at radius 2 is 2.16 bits per heavy atom. The summed E-state index contributed by atoms with van der Waals surface area (Å²) in [4.78, 5) is 26.1. The standard InChI is InChI=1S/C18H19ClN2O4/c1-12-11-21(15-9-13(19)4-5-16(15)25-12)18(23)7-6-17(22)20-10-14-3-2-8-24-14/h2-5,8-9,12H,6-7,10-11H2,1H3,(H,20,22)/t12-/m0/s1. The Bertz CT molecular complexity index is 760. The second-order valence-electron chi connectivity index (χ2n) is 5.90. The lowest BCUT2D eigenvalue weighted by molar-refractivity contribution is -0.125. The zero-order chi connectivity index (χ0) is 17.8. The van der Waals surface area contributed by atoms with Crippen molar-refractivity contribution in [1.82, 2.24) is 5.32 Å². The molecule has 6 nitrogen and oxygen atoms in total. The number of amides is 2. The van der Waals surface area contributed by atoms with E-state index in [4.69, 9.17) is 20.8 Å². The van der Waals surface area contributed by atoms with Crippen LogP contribution in [0.3, 0.4) is 0 Å². The van der Waals surface area contributed by atoms with Crippen LogP contribution in [0.5, 0.6) is 5.75 Å². The van der Waals surface area contributed by atoms with Gasteiger partial charge in [0.15, 0.2) is 0 Å². The van der Waals surface area contributed by atoms with Gasteiger partial charge in [-0.15, -0.1) is 0 Å². The van der Waals surface area contributed by atoms with Crippen LogP contribution in [0.15, 0.2) is 41.0 Å². The number of ether oxygens (including phenoxy) is 1. The van der Waals surface area contributed by atoms with E-state index in [0.717, 1.165) is 0 Å². The number of anilines is 1. The molecule has 2 heterocycles. The average molecular weight is 363 g/mol. The van der Waals surface area contributed by atoms with E-state index in [0.29, 0.717) is 35.3 Å². The Morgan fingerprint density at radius 3 is 2.92 bits per heavy atom. The minimum absolute atomic E-state index is 0.112. The summed E-state index contributed by atoms with van der Waals surface area (Å²) < 4.78 is 10.9. The number of fused-ring (bicyclic) bond motifs is 1. The number of nitrogens with zero attached hydrogens (tertiary/aromatic N) is 1. The van der Waals surface area contributed by atoms with E-state index in [1.807, 2.05) is 6.92 Å². The molecule has 1 atom stereocenters. The smallest absolute Gasteiger partial charge is 0.227 e. The van der Waals surface area contributed by atoms with Gasteiger partial charge >= 0.3 is 0 Å². The van der Waals surface area contributed by atoms with Gasteiger partial charge in [0.25, 0.3) is 0 Å². The fraction of sp³-hybridized carbons (Fsp3) is 0.333. The Balaban J connectivity index is 1.58. The first-order valence-electron chi connectivity index (χ1n) is 8.08. The number of furan rings is 1. The normalized spacial score (nSPS) is 16.1. The number of hydrogen-bond donors (Lipinski definition) is 1. The van der Waals surface area contributed by atoms with Gasteiger partial charge < -0.3 is 19.4 Å². The Morgan fingerprint density at radius 1 is 1.32 bits per heavy atom. The zero-order valence-corrected chi connectivity index (χ0v) is 14.6. The zero-order valence-electron chi connectivity index (χ0n) is 13.8. The van der Waals surface area contributed by atoms with Gasteiger partial charge in [-0.25, -0.2) is 0 Å². The molecule has 0 saturated carbocycles. The first-order valence-corrected chi connectivity index (χ1v) is 8.46. The molecule has 132 valence electrons. The van der Waals surface area contributed by atoms with Crippen LogP contribution in [0, 0.1) is 0 Å². The Labute approximate surface area is 150 Å². The van der Waals surface area contributed by atoms with E-state index < -0.39 is 0 Å². The van der Waals surface area contributed by atoms with Crippen LogP contribution < -0.4 is 15.0 Å². The molecule has 1 aromatic carbocycles. The van der Waals surface area contributed by atoms with E-state index in [1.165, 1.54) is 0 Å². The average Bonchev–Trinajstić information content (AvgIpc) is 3.11. The van der Waals surface area contributed by atoms with Crippen molar-refractivity contribution < 1.29 is 18.7 Å². The summed E-state index contributed by atoms with van der Waals surface area (Å²) in [5.41, 5.74) is 0.645. The van der Waals surface area contributed by atoms with Crippen molar-refractivity contribution in [2.24, 2.45) is 0 Å². The fourth-order valence-electron chi connectivity index (χ4n) is 2.69. The van der Waals surface area contributed by atoms with Gasteiger partial charge in [0, 0.05) is 17.9 Å². The van der Waals surface area contributed by atoms with Crippen molar-refractivity contribution in [2.75, 3.05) is 11.4 Å². The van der Waals surface area contributed by atoms with Gasteiger partial charge in [-0.3, -0.25) is 9.59 Å². The summed E-state index contributed by atoms with van der Waals surface area (Å²) in [6, 6.07) is 8.72. The summed E-state index contributed by atoms with van der Waals surface area (Å²) >= 11 is 6.03. The topological polar surface area (TPSA) is 71.8 Å². The van der Waals surface area contributed by atoms with Crippen LogP contribution in [-0.4, -0.2) is 24.5 Å². The van der Waals surface area contributed by atoms with Gasteiger partial charge in [0.05, 0.1) is 25.0 Å². The summed E-state index contributed by atoms with van der Waals surface area (Å²) in [5.74, 6) is 0.966. The molecule has 7 heteroatoms. The molecule has 2 aromatic rings. The lowest BCUT2D eigenvalue weighted by Gasteiger charge is -2.33. The SMILES string of the molecule is C[C@H]1CN(C(=O)CCC(=O)NCc2ccco2)c2cc(Cl)ccc2O1. The quantitative estimate of drug-likeness (QED) is 0.886. The van der Waals surface area contributed by atoms with Crippen LogP contribution in [0.2, 0.25) is 5.02 Å². The molecule has 1 aliphatic rings. The van der Waals surface area contributed by atoms with Crippen LogP contribution in [0.25, 0.3) is 0 Å². The molecule has 0 bridgehead atoms. The summed E-state index contributed by atoms with van der Waals surface area (Å²) in [6.45, 7) is 2.64. The highest BCUT2D eigenvalue weighted by molar-refractivity contribution is 6.31. The molecule has 0 aliphatic carbocycles. The highest BCUT2D eigenvalue weighted by atomic mass is 35.5. The van der Waals surface area contributed by atoms with E-state index >= 15 is 0 Å². The van der Waals surface area contributed by atoms with Crippen molar-refractivity contribution in [2.45, 2.75) is 32.4 Å². The van der Waals surface area contributed by atoms with E-state index in [9.17, 15) is 9.59 Å². The van der Waals surface area contributed by atoms with Crippen molar-refractivity contribution >= 4 is 29.1 Å². The molecular weight excluding hydrogens is 344 g/mol.